The zero-order valence-corrected chi connectivity index (χ0v) is 16.3. The van der Waals surface area contributed by atoms with Gasteiger partial charge in [-0.1, -0.05) is 29.8 Å². The summed E-state index contributed by atoms with van der Waals surface area (Å²) in [7, 11) is 1.56. The maximum absolute atomic E-state index is 12.1. The maximum atomic E-state index is 12.1. The molecule has 8 nitrogen and oxygen atoms in total. The Balaban J connectivity index is 1.55. The van der Waals surface area contributed by atoms with E-state index in [0.29, 0.717) is 39.3 Å². The zero-order chi connectivity index (χ0) is 20.1. The molecule has 29 heavy (non-hydrogen) atoms. The number of rotatable bonds is 5. The van der Waals surface area contributed by atoms with E-state index in [1.807, 2.05) is 12.1 Å². The lowest BCUT2D eigenvalue weighted by Crippen LogP contribution is -2.41. The topological polar surface area (TPSA) is 119 Å². The third-order valence-electron chi connectivity index (χ3n) is 5.75. The van der Waals surface area contributed by atoms with Gasteiger partial charge in [0, 0.05) is 12.1 Å². The highest BCUT2D eigenvalue weighted by Crippen LogP contribution is 2.46. The van der Waals surface area contributed by atoms with Crippen LogP contribution in [0.25, 0.3) is 22.7 Å². The number of H-pyrrole nitrogens is 1. The lowest BCUT2D eigenvalue weighted by Gasteiger charge is -2.28. The summed E-state index contributed by atoms with van der Waals surface area (Å²) < 4.78 is 5.19. The molecule has 148 valence electrons. The first-order valence-corrected chi connectivity index (χ1v) is 9.72. The Bertz CT molecular complexity index is 1140. The number of halogens is 1. The van der Waals surface area contributed by atoms with Crippen LogP contribution in [-0.4, -0.2) is 39.0 Å². The van der Waals surface area contributed by atoms with Crippen LogP contribution in [0.3, 0.4) is 0 Å². The molecule has 0 saturated heterocycles. The van der Waals surface area contributed by atoms with E-state index < -0.39 is 0 Å². The molecular weight excluding hydrogens is 392 g/mol. The van der Waals surface area contributed by atoms with Gasteiger partial charge >= 0.3 is 0 Å². The molecule has 0 radical (unpaired) electrons. The van der Waals surface area contributed by atoms with Gasteiger partial charge < -0.3 is 20.8 Å². The van der Waals surface area contributed by atoms with Gasteiger partial charge in [0.15, 0.2) is 11.5 Å². The Hall–Kier alpha value is -3.13. The van der Waals surface area contributed by atoms with Crippen LogP contribution < -0.4 is 15.8 Å². The summed E-state index contributed by atoms with van der Waals surface area (Å²) in [6, 6.07) is 5.32. The minimum absolute atomic E-state index is 0.118. The second kappa shape index (κ2) is 6.73. The van der Waals surface area contributed by atoms with E-state index >= 15 is 0 Å². The fourth-order valence-electron chi connectivity index (χ4n) is 4.43. The standard InChI is InChI=1S/C20H19ClN6O2/c1-29-13-4-2-3-12(24-13)19-26-17-16(11(21)8-23-20(17)27-19)25-15-10-6-5-9(7-10)14(15)18(22)28/h2-6,8-10,14-15H,7H2,1H3,(H2,22,28)(H2,23,25,26,27)/t9-,10+,14?,15?/m1/s1. The number of methoxy groups -OCH3 is 1. The molecule has 0 aromatic carbocycles. The number of aromatic amines is 1. The van der Waals surface area contributed by atoms with Gasteiger partial charge in [0.25, 0.3) is 0 Å². The number of imidazole rings is 1. The van der Waals surface area contributed by atoms with Crippen molar-refractivity contribution in [2.75, 3.05) is 12.4 Å². The quantitative estimate of drug-likeness (QED) is 0.556. The van der Waals surface area contributed by atoms with Gasteiger partial charge in [0.1, 0.15) is 11.2 Å². The molecule has 2 aliphatic carbocycles. The molecule has 4 atom stereocenters. The fraction of sp³-hybridized carbons (Fsp3) is 0.300. The number of fused-ring (bicyclic) bond motifs is 3. The van der Waals surface area contributed by atoms with Gasteiger partial charge in [-0.05, 0) is 24.3 Å². The molecule has 5 rings (SSSR count). The minimum atomic E-state index is -0.299. The van der Waals surface area contributed by atoms with Crippen molar-refractivity contribution in [1.82, 2.24) is 19.9 Å². The summed E-state index contributed by atoms with van der Waals surface area (Å²) in [5, 5.41) is 3.91. The van der Waals surface area contributed by atoms with E-state index in [-0.39, 0.29) is 29.7 Å². The molecule has 3 aromatic heterocycles. The van der Waals surface area contributed by atoms with Gasteiger partial charge in [0.05, 0.1) is 29.9 Å². The summed E-state index contributed by atoms with van der Waals surface area (Å²) in [4.78, 5) is 28.6. The number of allylic oxidation sites excluding steroid dienone is 1. The van der Waals surface area contributed by atoms with Crippen LogP contribution in [0.5, 0.6) is 5.88 Å². The van der Waals surface area contributed by atoms with Crippen molar-refractivity contribution in [3.8, 4) is 17.4 Å². The molecule has 1 amide bonds. The Morgan fingerprint density at radius 2 is 2.14 bits per heavy atom. The van der Waals surface area contributed by atoms with Crippen LogP contribution in [0, 0.1) is 17.8 Å². The van der Waals surface area contributed by atoms with E-state index in [2.05, 4.69) is 37.4 Å². The summed E-state index contributed by atoms with van der Waals surface area (Å²) in [5.74, 6) is 0.878. The average molecular weight is 411 g/mol. The highest BCUT2D eigenvalue weighted by Gasteiger charge is 2.47. The van der Waals surface area contributed by atoms with Crippen molar-refractivity contribution in [3.05, 3.63) is 41.6 Å². The number of primary amides is 1. The molecule has 0 spiro atoms. The Labute approximate surface area is 171 Å². The van der Waals surface area contributed by atoms with Crippen LogP contribution in [0.2, 0.25) is 5.02 Å². The number of carbonyl (C=O) groups is 1. The lowest BCUT2D eigenvalue weighted by atomic mass is 9.88. The number of nitrogens with two attached hydrogens (primary N) is 1. The number of amides is 1. The third kappa shape index (κ3) is 2.91. The Morgan fingerprint density at radius 1 is 1.31 bits per heavy atom. The highest BCUT2D eigenvalue weighted by molar-refractivity contribution is 6.34. The van der Waals surface area contributed by atoms with E-state index in [1.54, 1.807) is 19.4 Å². The number of hydrogen-bond acceptors (Lipinski definition) is 6. The smallest absolute Gasteiger partial charge is 0.223 e. The van der Waals surface area contributed by atoms with E-state index in [0.717, 1.165) is 6.42 Å². The first-order valence-electron chi connectivity index (χ1n) is 9.35. The lowest BCUT2D eigenvalue weighted by molar-refractivity contribution is -0.122. The molecule has 4 N–H and O–H groups in total. The molecular formula is C20H19ClN6O2. The molecule has 2 bridgehead atoms. The number of nitrogens with one attached hydrogen (secondary N) is 2. The summed E-state index contributed by atoms with van der Waals surface area (Å²) in [6.07, 6.45) is 6.70. The maximum Gasteiger partial charge on any atom is 0.223 e. The molecule has 3 aromatic rings. The fourth-order valence-corrected chi connectivity index (χ4v) is 4.63. The second-order valence-corrected chi connectivity index (χ2v) is 7.78. The van der Waals surface area contributed by atoms with Crippen LogP contribution in [0.4, 0.5) is 5.69 Å². The number of anilines is 1. The SMILES string of the molecule is COc1cccc(-c2nc3ncc(Cl)c(NC4C(C(N)=O)[C@@H]5C=C[C@H]4C5)c3[nH]2)n1. The number of pyridine rings is 2. The van der Waals surface area contributed by atoms with Gasteiger partial charge in [0.2, 0.25) is 11.8 Å². The third-order valence-corrected chi connectivity index (χ3v) is 6.03. The van der Waals surface area contributed by atoms with Gasteiger partial charge in [-0.25, -0.2) is 15.0 Å². The van der Waals surface area contributed by atoms with E-state index in [1.165, 1.54) is 0 Å². The number of ether oxygens (including phenoxy) is 1. The highest BCUT2D eigenvalue weighted by atomic mass is 35.5. The van der Waals surface area contributed by atoms with Crippen molar-refractivity contribution >= 4 is 34.4 Å². The number of aromatic nitrogens is 4. The van der Waals surface area contributed by atoms with E-state index in [9.17, 15) is 4.79 Å². The number of carbonyl (C=O) groups excluding carboxylic acids is 1. The van der Waals surface area contributed by atoms with Gasteiger partial charge in [-0.2, -0.15) is 0 Å². The molecule has 2 aliphatic rings. The molecule has 9 heteroatoms. The molecule has 2 unspecified atom stereocenters. The normalized spacial score (nSPS) is 24.9. The zero-order valence-electron chi connectivity index (χ0n) is 15.6. The van der Waals surface area contributed by atoms with Crippen LogP contribution in [-0.2, 0) is 4.79 Å². The Kier molecular flexibility index (Phi) is 4.16. The van der Waals surface area contributed by atoms with Crippen LogP contribution in [0.1, 0.15) is 6.42 Å². The summed E-state index contributed by atoms with van der Waals surface area (Å²) in [6.45, 7) is 0. The Morgan fingerprint density at radius 3 is 2.93 bits per heavy atom. The van der Waals surface area contributed by atoms with Crippen molar-refractivity contribution in [3.63, 3.8) is 0 Å². The first kappa shape index (κ1) is 17.9. The predicted molar refractivity (Wildman–Crippen MR) is 110 cm³/mol. The number of nitrogens with zero attached hydrogens (tertiary/aromatic N) is 3. The largest absolute Gasteiger partial charge is 0.481 e. The second-order valence-electron chi connectivity index (χ2n) is 7.38. The molecule has 1 saturated carbocycles. The first-order chi connectivity index (χ1) is 14.0. The summed E-state index contributed by atoms with van der Waals surface area (Å²) >= 11 is 6.47. The molecule has 1 fully saturated rings. The van der Waals surface area contributed by atoms with Crippen molar-refractivity contribution in [1.29, 1.82) is 0 Å². The summed E-state index contributed by atoms with van der Waals surface area (Å²) in [5.41, 5.74) is 8.14. The predicted octanol–water partition coefficient (Wildman–Crippen LogP) is 2.77. The van der Waals surface area contributed by atoms with E-state index in [4.69, 9.17) is 22.1 Å². The monoisotopic (exact) mass is 410 g/mol. The minimum Gasteiger partial charge on any atom is -0.481 e. The van der Waals surface area contributed by atoms with Gasteiger partial charge in [-0.3, -0.25) is 4.79 Å². The molecule has 3 heterocycles. The van der Waals surface area contributed by atoms with Gasteiger partial charge in [-0.15, -0.1) is 0 Å². The van der Waals surface area contributed by atoms with Crippen molar-refractivity contribution in [2.24, 2.45) is 23.5 Å². The average Bonchev–Trinajstić information content (AvgIpc) is 3.44. The van der Waals surface area contributed by atoms with Crippen molar-refractivity contribution in [2.45, 2.75) is 12.5 Å². The van der Waals surface area contributed by atoms with Crippen molar-refractivity contribution < 1.29 is 9.53 Å². The number of hydrogen-bond donors (Lipinski definition) is 3. The van der Waals surface area contributed by atoms with Crippen LogP contribution in [0.15, 0.2) is 36.5 Å². The molecule has 0 aliphatic heterocycles. The van der Waals surface area contributed by atoms with Crippen LogP contribution >= 0.6 is 11.6 Å².